The minimum atomic E-state index is 0.306. The zero-order valence-corrected chi connectivity index (χ0v) is 10.9. The molecule has 0 aromatic heterocycles. The van der Waals surface area contributed by atoms with E-state index in [9.17, 15) is 0 Å². The molecule has 0 saturated heterocycles. The molecule has 2 atom stereocenters. The molecule has 0 saturated carbocycles. The van der Waals surface area contributed by atoms with Crippen LogP contribution in [0.3, 0.4) is 0 Å². The molecule has 0 aliphatic carbocycles. The molecule has 2 unspecified atom stereocenters. The first-order valence-electron chi connectivity index (χ1n) is 5.95. The monoisotopic (exact) mass is 217 g/mol. The van der Waals surface area contributed by atoms with Gasteiger partial charge in [0.1, 0.15) is 0 Å². The maximum atomic E-state index is 5.65. The van der Waals surface area contributed by atoms with Crippen LogP contribution in [-0.2, 0) is 9.47 Å². The van der Waals surface area contributed by atoms with Crippen LogP contribution >= 0.6 is 0 Å². The van der Waals surface area contributed by atoms with Crippen molar-refractivity contribution in [1.82, 2.24) is 5.32 Å². The molecule has 0 aliphatic heterocycles. The van der Waals surface area contributed by atoms with Crippen molar-refractivity contribution in [3.8, 4) is 0 Å². The van der Waals surface area contributed by atoms with Gasteiger partial charge in [0.25, 0.3) is 0 Å². The van der Waals surface area contributed by atoms with Gasteiger partial charge in [-0.1, -0.05) is 13.8 Å². The SMILES string of the molecule is CCNC(COC(C)C)C(C)CCOC. The van der Waals surface area contributed by atoms with E-state index in [0.29, 0.717) is 18.1 Å². The Bertz CT molecular complexity index is 140. The third-order valence-electron chi connectivity index (χ3n) is 2.54. The molecular weight excluding hydrogens is 190 g/mol. The molecule has 0 fully saturated rings. The summed E-state index contributed by atoms with van der Waals surface area (Å²) < 4.78 is 10.8. The van der Waals surface area contributed by atoms with Gasteiger partial charge in [0.05, 0.1) is 12.7 Å². The van der Waals surface area contributed by atoms with Gasteiger partial charge in [-0.15, -0.1) is 0 Å². The molecule has 15 heavy (non-hydrogen) atoms. The maximum absolute atomic E-state index is 5.65. The van der Waals surface area contributed by atoms with Gasteiger partial charge in [-0.3, -0.25) is 0 Å². The van der Waals surface area contributed by atoms with E-state index in [1.807, 2.05) is 0 Å². The van der Waals surface area contributed by atoms with Crippen molar-refractivity contribution in [2.45, 2.75) is 46.3 Å². The first-order chi connectivity index (χ1) is 7.11. The highest BCUT2D eigenvalue weighted by atomic mass is 16.5. The van der Waals surface area contributed by atoms with Crippen LogP contribution in [-0.4, -0.2) is 39.0 Å². The normalized spacial score (nSPS) is 15.6. The molecule has 0 aliphatic rings. The number of hydrogen-bond donors (Lipinski definition) is 1. The molecule has 0 aromatic rings. The van der Waals surface area contributed by atoms with Crippen LogP contribution in [0.15, 0.2) is 0 Å². The quantitative estimate of drug-likeness (QED) is 0.641. The number of methoxy groups -OCH3 is 1. The topological polar surface area (TPSA) is 30.5 Å². The average molecular weight is 217 g/mol. The highest BCUT2D eigenvalue weighted by Gasteiger charge is 2.16. The molecule has 92 valence electrons. The minimum absolute atomic E-state index is 0.306. The van der Waals surface area contributed by atoms with Crippen molar-refractivity contribution in [2.24, 2.45) is 5.92 Å². The second kappa shape index (κ2) is 9.13. The lowest BCUT2D eigenvalue weighted by Crippen LogP contribution is -2.40. The van der Waals surface area contributed by atoms with E-state index in [2.05, 4.69) is 33.0 Å². The van der Waals surface area contributed by atoms with Crippen LogP contribution in [0, 0.1) is 5.92 Å². The van der Waals surface area contributed by atoms with E-state index in [-0.39, 0.29) is 0 Å². The fourth-order valence-electron chi connectivity index (χ4n) is 1.49. The Hall–Kier alpha value is -0.120. The fraction of sp³-hybridized carbons (Fsp3) is 1.00. The smallest absolute Gasteiger partial charge is 0.0625 e. The Labute approximate surface area is 94.5 Å². The summed E-state index contributed by atoms with van der Waals surface area (Å²) in [5.74, 6) is 0.587. The van der Waals surface area contributed by atoms with Crippen LogP contribution in [0.25, 0.3) is 0 Å². The van der Waals surface area contributed by atoms with Crippen LogP contribution in [0.4, 0.5) is 0 Å². The summed E-state index contributed by atoms with van der Waals surface area (Å²) in [6.07, 6.45) is 1.39. The number of ether oxygens (including phenoxy) is 2. The highest BCUT2D eigenvalue weighted by Crippen LogP contribution is 2.09. The molecule has 0 aromatic carbocycles. The fourth-order valence-corrected chi connectivity index (χ4v) is 1.49. The molecule has 0 amide bonds. The summed E-state index contributed by atoms with van der Waals surface area (Å²) in [7, 11) is 1.75. The van der Waals surface area contributed by atoms with Gasteiger partial charge in [0.15, 0.2) is 0 Å². The summed E-state index contributed by atoms with van der Waals surface area (Å²) in [5, 5.41) is 3.47. The summed E-state index contributed by atoms with van der Waals surface area (Å²) in [6, 6.07) is 0.438. The Morgan fingerprint density at radius 2 is 1.87 bits per heavy atom. The van der Waals surface area contributed by atoms with E-state index >= 15 is 0 Å². The summed E-state index contributed by atoms with van der Waals surface area (Å²) in [4.78, 5) is 0. The summed E-state index contributed by atoms with van der Waals surface area (Å²) in [5.41, 5.74) is 0. The molecular formula is C12H27NO2. The number of likely N-dealkylation sites (N-methyl/N-ethyl adjacent to an activating group) is 1. The van der Waals surface area contributed by atoms with E-state index in [4.69, 9.17) is 9.47 Å². The van der Waals surface area contributed by atoms with E-state index in [1.54, 1.807) is 7.11 Å². The second-order valence-corrected chi connectivity index (χ2v) is 4.31. The van der Waals surface area contributed by atoms with Crippen molar-refractivity contribution < 1.29 is 9.47 Å². The Balaban J connectivity index is 3.88. The predicted molar refractivity (Wildman–Crippen MR) is 64.2 cm³/mol. The Morgan fingerprint density at radius 1 is 1.20 bits per heavy atom. The van der Waals surface area contributed by atoms with Gasteiger partial charge in [0.2, 0.25) is 0 Å². The van der Waals surface area contributed by atoms with Crippen molar-refractivity contribution >= 4 is 0 Å². The first kappa shape index (κ1) is 14.9. The van der Waals surface area contributed by atoms with Crippen molar-refractivity contribution in [3.05, 3.63) is 0 Å². The van der Waals surface area contributed by atoms with Crippen molar-refractivity contribution in [2.75, 3.05) is 26.9 Å². The van der Waals surface area contributed by atoms with Gasteiger partial charge >= 0.3 is 0 Å². The van der Waals surface area contributed by atoms with Crippen LogP contribution in [0.2, 0.25) is 0 Å². The number of hydrogen-bond acceptors (Lipinski definition) is 3. The van der Waals surface area contributed by atoms with Gasteiger partial charge in [-0.25, -0.2) is 0 Å². The second-order valence-electron chi connectivity index (χ2n) is 4.31. The van der Waals surface area contributed by atoms with Gasteiger partial charge in [0, 0.05) is 19.8 Å². The minimum Gasteiger partial charge on any atom is -0.385 e. The number of nitrogens with one attached hydrogen (secondary N) is 1. The summed E-state index contributed by atoms with van der Waals surface area (Å²) in [6.45, 7) is 11.1. The van der Waals surface area contributed by atoms with Gasteiger partial charge in [-0.2, -0.15) is 0 Å². The average Bonchev–Trinajstić information content (AvgIpc) is 2.20. The standard InChI is InChI=1S/C12H27NO2/c1-6-13-12(9-15-10(2)3)11(4)7-8-14-5/h10-13H,6-9H2,1-5H3. The lowest BCUT2D eigenvalue weighted by molar-refractivity contribution is 0.0459. The Kier molecular flexibility index (Phi) is 9.06. The van der Waals surface area contributed by atoms with Crippen molar-refractivity contribution in [3.63, 3.8) is 0 Å². The van der Waals surface area contributed by atoms with Crippen LogP contribution in [0.1, 0.15) is 34.1 Å². The third kappa shape index (κ3) is 7.77. The van der Waals surface area contributed by atoms with E-state index in [1.165, 1.54) is 0 Å². The van der Waals surface area contributed by atoms with E-state index in [0.717, 1.165) is 26.2 Å². The van der Waals surface area contributed by atoms with Crippen LogP contribution < -0.4 is 5.32 Å². The molecule has 3 heteroatoms. The molecule has 3 nitrogen and oxygen atoms in total. The van der Waals surface area contributed by atoms with E-state index < -0.39 is 0 Å². The number of rotatable bonds is 9. The predicted octanol–water partition coefficient (Wildman–Crippen LogP) is 2.06. The van der Waals surface area contributed by atoms with Crippen LogP contribution in [0.5, 0.6) is 0 Å². The molecule has 0 rings (SSSR count). The lowest BCUT2D eigenvalue weighted by atomic mass is 9.99. The maximum Gasteiger partial charge on any atom is 0.0625 e. The zero-order chi connectivity index (χ0) is 11.7. The Morgan fingerprint density at radius 3 is 2.33 bits per heavy atom. The zero-order valence-electron chi connectivity index (χ0n) is 10.9. The van der Waals surface area contributed by atoms with Gasteiger partial charge < -0.3 is 14.8 Å². The summed E-state index contributed by atoms with van der Waals surface area (Å²) >= 11 is 0. The molecule has 1 N–H and O–H groups in total. The van der Waals surface area contributed by atoms with Gasteiger partial charge in [-0.05, 0) is 32.7 Å². The highest BCUT2D eigenvalue weighted by molar-refractivity contribution is 4.72. The molecule has 0 radical (unpaired) electrons. The molecule has 0 heterocycles. The third-order valence-corrected chi connectivity index (χ3v) is 2.54. The lowest BCUT2D eigenvalue weighted by Gasteiger charge is -2.25. The molecule has 0 spiro atoms. The first-order valence-corrected chi connectivity index (χ1v) is 5.95. The van der Waals surface area contributed by atoms with Crippen molar-refractivity contribution in [1.29, 1.82) is 0 Å². The molecule has 0 bridgehead atoms. The largest absolute Gasteiger partial charge is 0.385 e.